The van der Waals surface area contributed by atoms with Crippen LogP contribution in [-0.2, 0) is 0 Å². The number of anilines is 1. The van der Waals surface area contributed by atoms with E-state index in [4.69, 9.17) is 0 Å². The van der Waals surface area contributed by atoms with Crippen molar-refractivity contribution >= 4 is 11.6 Å². The minimum atomic E-state index is -0.324. The largest absolute Gasteiger partial charge is 0.504 e. The van der Waals surface area contributed by atoms with E-state index in [1.807, 2.05) is 0 Å². The van der Waals surface area contributed by atoms with E-state index in [0.717, 1.165) is 0 Å². The number of amides is 1. The molecule has 16 heavy (non-hydrogen) atoms. The van der Waals surface area contributed by atoms with E-state index in [9.17, 15) is 9.90 Å². The van der Waals surface area contributed by atoms with E-state index >= 15 is 0 Å². The molecule has 1 amide bonds. The van der Waals surface area contributed by atoms with Gasteiger partial charge in [-0.05, 0) is 18.2 Å². The summed E-state index contributed by atoms with van der Waals surface area (Å²) in [5.74, 6) is -0.394. The van der Waals surface area contributed by atoms with E-state index in [2.05, 4.69) is 15.3 Å². The Morgan fingerprint density at radius 3 is 2.69 bits per heavy atom. The zero-order valence-corrected chi connectivity index (χ0v) is 8.29. The predicted molar refractivity (Wildman–Crippen MR) is 58.1 cm³/mol. The fourth-order valence-electron chi connectivity index (χ4n) is 1.18. The van der Waals surface area contributed by atoms with Gasteiger partial charge in [0.2, 0.25) is 0 Å². The van der Waals surface area contributed by atoms with E-state index in [-0.39, 0.29) is 11.7 Å². The zero-order valence-electron chi connectivity index (χ0n) is 8.29. The van der Waals surface area contributed by atoms with Crippen molar-refractivity contribution in [1.82, 2.24) is 9.97 Å². The second-order valence-corrected chi connectivity index (χ2v) is 3.09. The molecule has 2 heterocycles. The highest BCUT2D eigenvalue weighted by molar-refractivity contribution is 6.04. The van der Waals surface area contributed by atoms with Crippen molar-refractivity contribution in [1.29, 1.82) is 0 Å². The van der Waals surface area contributed by atoms with Crippen LogP contribution in [-0.4, -0.2) is 21.0 Å². The van der Waals surface area contributed by atoms with Gasteiger partial charge in [-0.25, -0.2) is 0 Å². The lowest BCUT2D eigenvalue weighted by Crippen LogP contribution is -2.12. The maximum absolute atomic E-state index is 11.7. The maximum Gasteiger partial charge on any atom is 0.257 e. The van der Waals surface area contributed by atoms with Crippen LogP contribution in [0.1, 0.15) is 10.4 Å². The molecule has 0 radical (unpaired) electrons. The summed E-state index contributed by atoms with van der Waals surface area (Å²) in [6.45, 7) is 0. The van der Waals surface area contributed by atoms with Crippen LogP contribution in [0.5, 0.6) is 5.75 Å². The zero-order chi connectivity index (χ0) is 11.4. The van der Waals surface area contributed by atoms with Gasteiger partial charge in [-0.3, -0.25) is 14.8 Å². The van der Waals surface area contributed by atoms with Crippen LogP contribution in [0.15, 0.2) is 43.0 Å². The number of carbonyl (C=O) groups is 1. The quantitative estimate of drug-likeness (QED) is 0.794. The Morgan fingerprint density at radius 2 is 2.00 bits per heavy atom. The number of carbonyl (C=O) groups excluding carboxylic acids is 1. The minimum absolute atomic E-state index is 0.0697. The third-order valence-electron chi connectivity index (χ3n) is 1.97. The third-order valence-corrected chi connectivity index (χ3v) is 1.97. The Kier molecular flexibility index (Phi) is 2.77. The van der Waals surface area contributed by atoms with Crippen molar-refractivity contribution in [2.75, 3.05) is 5.32 Å². The van der Waals surface area contributed by atoms with Crippen molar-refractivity contribution in [2.24, 2.45) is 0 Å². The van der Waals surface area contributed by atoms with Gasteiger partial charge in [0.05, 0.1) is 17.4 Å². The second kappa shape index (κ2) is 4.39. The van der Waals surface area contributed by atoms with Crippen LogP contribution in [0.25, 0.3) is 0 Å². The topological polar surface area (TPSA) is 75.1 Å². The summed E-state index contributed by atoms with van der Waals surface area (Å²) in [6.07, 6.45) is 5.78. The SMILES string of the molecule is O=C(Nc1ccncc1O)c1cccnc1. The summed E-state index contributed by atoms with van der Waals surface area (Å²) >= 11 is 0. The van der Waals surface area contributed by atoms with Crippen LogP contribution < -0.4 is 5.32 Å². The molecule has 0 saturated carbocycles. The first-order chi connectivity index (χ1) is 7.77. The lowest BCUT2D eigenvalue weighted by Gasteiger charge is -2.05. The van der Waals surface area contributed by atoms with Gasteiger partial charge in [0.15, 0.2) is 5.75 Å². The fourth-order valence-corrected chi connectivity index (χ4v) is 1.18. The number of pyridine rings is 2. The number of hydrogen-bond acceptors (Lipinski definition) is 4. The summed E-state index contributed by atoms with van der Waals surface area (Å²) in [6, 6.07) is 4.82. The van der Waals surface area contributed by atoms with Crippen LogP contribution in [0.4, 0.5) is 5.69 Å². The van der Waals surface area contributed by atoms with Gasteiger partial charge in [0.1, 0.15) is 0 Å². The van der Waals surface area contributed by atoms with Crippen molar-refractivity contribution in [3.8, 4) is 5.75 Å². The third kappa shape index (κ3) is 2.14. The van der Waals surface area contributed by atoms with Gasteiger partial charge in [0, 0.05) is 18.6 Å². The molecule has 2 aromatic heterocycles. The van der Waals surface area contributed by atoms with Gasteiger partial charge >= 0.3 is 0 Å². The summed E-state index contributed by atoms with van der Waals surface area (Å²) in [7, 11) is 0. The van der Waals surface area contributed by atoms with Crippen LogP contribution in [0.3, 0.4) is 0 Å². The average molecular weight is 215 g/mol. The lowest BCUT2D eigenvalue weighted by molar-refractivity contribution is 0.102. The molecule has 2 N–H and O–H groups in total. The second-order valence-electron chi connectivity index (χ2n) is 3.09. The molecular formula is C11H9N3O2. The highest BCUT2D eigenvalue weighted by Crippen LogP contribution is 2.20. The van der Waals surface area contributed by atoms with E-state index in [1.54, 1.807) is 18.3 Å². The van der Waals surface area contributed by atoms with Crippen LogP contribution in [0.2, 0.25) is 0 Å². The Labute approximate surface area is 91.8 Å². The highest BCUT2D eigenvalue weighted by atomic mass is 16.3. The van der Waals surface area contributed by atoms with Gasteiger partial charge in [-0.2, -0.15) is 0 Å². The normalized spacial score (nSPS) is 9.75. The first-order valence-corrected chi connectivity index (χ1v) is 4.62. The minimum Gasteiger partial charge on any atom is -0.504 e. The highest BCUT2D eigenvalue weighted by Gasteiger charge is 2.07. The molecule has 0 atom stereocenters. The molecule has 5 heteroatoms. The van der Waals surface area contributed by atoms with Crippen LogP contribution >= 0.6 is 0 Å². The number of aromatic nitrogens is 2. The average Bonchev–Trinajstić information content (AvgIpc) is 2.33. The van der Waals surface area contributed by atoms with Gasteiger partial charge < -0.3 is 10.4 Å². The van der Waals surface area contributed by atoms with Gasteiger partial charge in [-0.1, -0.05) is 0 Å². The molecule has 0 saturated heterocycles. The van der Waals surface area contributed by atoms with Crippen molar-refractivity contribution in [3.63, 3.8) is 0 Å². The molecule has 0 aliphatic carbocycles. The maximum atomic E-state index is 11.7. The summed E-state index contributed by atoms with van der Waals surface area (Å²) < 4.78 is 0. The predicted octanol–water partition coefficient (Wildman–Crippen LogP) is 1.43. The summed E-state index contributed by atoms with van der Waals surface area (Å²) in [5, 5.41) is 12.0. The molecule has 80 valence electrons. The molecule has 5 nitrogen and oxygen atoms in total. The van der Waals surface area contributed by atoms with E-state index in [0.29, 0.717) is 11.3 Å². The fraction of sp³-hybridized carbons (Fsp3) is 0. The number of nitrogens with one attached hydrogen (secondary N) is 1. The molecule has 2 aromatic rings. The lowest BCUT2D eigenvalue weighted by atomic mass is 10.2. The first-order valence-electron chi connectivity index (χ1n) is 4.62. The van der Waals surface area contributed by atoms with Gasteiger partial charge in [-0.15, -0.1) is 0 Å². The molecule has 0 aliphatic rings. The number of hydrogen-bond donors (Lipinski definition) is 2. The molecular weight excluding hydrogens is 206 g/mol. The molecule has 0 aromatic carbocycles. The summed E-state index contributed by atoms with van der Waals surface area (Å²) in [5.41, 5.74) is 0.752. The van der Waals surface area contributed by atoms with Gasteiger partial charge in [0.25, 0.3) is 5.91 Å². The molecule has 0 spiro atoms. The Balaban J connectivity index is 2.18. The number of rotatable bonds is 2. The number of nitrogens with zero attached hydrogens (tertiary/aromatic N) is 2. The Hall–Kier alpha value is -2.43. The number of aromatic hydroxyl groups is 1. The van der Waals surface area contributed by atoms with Crippen molar-refractivity contribution in [3.05, 3.63) is 48.5 Å². The Morgan fingerprint density at radius 1 is 1.19 bits per heavy atom. The molecule has 0 unspecified atom stereocenters. The first kappa shape index (κ1) is 10.1. The van der Waals surface area contributed by atoms with Crippen LogP contribution in [0, 0.1) is 0 Å². The summed E-state index contributed by atoms with van der Waals surface area (Å²) in [4.78, 5) is 19.2. The smallest absolute Gasteiger partial charge is 0.257 e. The molecule has 0 fully saturated rings. The molecule has 0 aliphatic heterocycles. The van der Waals surface area contributed by atoms with Crippen molar-refractivity contribution < 1.29 is 9.90 Å². The molecule has 0 bridgehead atoms. The van der Waals surface area contributed by atoms with Crippen molar-refractivity contribution in [2.45, 2.75) is 0 Å². The Bertz CT molecular complexity index is 500. The van der Waals surface area contributed by atoms with E-state index < -0.39 is 0 Å². The van der Waals surface area contributed by atoms with E-state index in [1.165, 1.54) is 24.7 Å². The standard InChI is InChI=1S/C11H9N3O2/c15-10-7-13-5-3-9(10)14-11(16)8-2-1-4-12-6-8/h1-7,15H,(H,13,14,16). The monoisotopic (exact) mass is 215 g/mol. The molecule has 2 rings (SSSR count).